The van der Waals surface area contributed by atoms with Crippen LogP contribution < -0.4 is 9.80 Å². The van der Waals surface area contributed by atoms with E-state index in [1.807, 2.05) is 37.4 Å². The van der Waals surface area contributed by atoms with E-state index in [1.165, 1.54) is 0 Å². The molecule has 0 N–H and O–H groups in total. The largest absolute Gasteiger partial charge is 0.352 e. The second-order valence-electron chi connectivity index (χ2n) is 6.08. The molecule has 0 aliphatic carbocycles. The van der Waals surface area contributed by atoms with Crippen LogP contribution in [-0.2, 0) is 0 Å². The van der Waals surface area contributed by atoms with Crippen molar-refractivity contribution in [3.05, 3.63) is 51.8 Å². The maximum absolute atomic E-state index is 5.98. The van der Waals surface area contributed by atoms with Crippen molar-refractivity contribution in [3.8, 4) is 5.82 Å². The molecular formula is C17H17BrClN7. The summed E-state index contributed by atoms with van der Waals surface area (Å²) < 4.78 is 2.64. The van der Waals surface area contributed by atoms with Gasteiger partial charge in [-0.15, -0.1) is 10.2 Å². The van der Waals surface area contributed by atoms with Gasteiger partial charge in [-0.1, -0.05) is 11.6 Å². The topological polar surface area (TPSA) is 63.0 Å². The normalized spacial score (nSPS) is 14.7. The number of hydrogen-bond acceptors (Lipinski definition) is 6. The van der Waals surface area contributed by atoms with E-state index < -0.39 is 0 Å². The van der Waals surface area contributed by atoms with Gasteiger partial charge < -0.3 is 9.80 Å². The van der Waals surface area contributed by atoms with Crippen molar-refractivity contribution in [1.82, 2.24) is 25.0 Å². The summed E-state index contributed by atoms with van der Waals surface area (Å²) >= 11 is 9.52. The van der Waals surface area contributed by atoms with E-state index in [-0.39, 0.29) is 0 Å². The summed E-state index contributed by atoms with van der Waals surface area (Å²) in [5.41, 5.74) is 0.953. The standard InChI is InChI=1S/C17H17BrClN7/c1-12-4-5-26(23-12)16-3-2-15(21-22-16)24-6-8-25(9-7-24)17-14(18)10-13(19)11-20-17/h2-5,10-11H,6-9H2,1H3. The van der Waals surface area contributed by atoms with Crippen molar-refractivity contribution in [2.75, 3.05) is 36.0 Å². The van der Waals surface area contributed by atoms with Crippen LogP contribution >= 0.6 is 27.5 Å². The van der Waals surface area contributed by atoms with E-state index in [0.717, 1.165) is 53.8 Å². The van der Waals surface area contributed by atoms with Gasteiger partial charge in [-0.05, 0) is 47.1 Å². The lowest BCUT2D eigenvalue weighted by Crippen LogP contribution is -2.47. The lowest BCUT2D eigenvalue weighted by atomic mass is 10.3. The van der Waals surface area contributed by atoms with Crippen molar-refractivity contribution in [3.63, 3.8) is 0 Å². The van der Waals surface area contributed by atoms with Gasteiger partial charge in [-0.2, -0.15) is 5.10 Å². The molecule has 1 aliphatic rings. The molecule has 1 saturated heterocycles. The molecule has 0 unspecified atom stereocenters. The van der Waals surface area contributed by atoms with Gasteiger partial charge in [0.05, 0.1) is 15.2 Å². The van der Waals surface area contributed by atoms with Crippen molar-refractivity contribution in [2.45, 2.75) is 6.92 Å². The van der Waals surface area contributed by atoms with Crippen LogP contribution in [0.3, 0.4) is 0 Å². The maximum atomic E-state index is 5.98. The van der Waals surface area contributed by atoms with E-state index in [0.29, 0.717) is 5.02 Å². The highest BCUT2D eigenvalue weighted by molar-refractivity contribution is 9.10. The number of rotatable bonds is 3. The molecule has 7 nitrogen and oxygen atoms in total. The Morgan fingerprint density at radius 1 is 1.00 bits per heavy atom. The molecule has 0 atom stereocenters. The summed E-state index contributed by atoms with van der Waals surface area (Å²) in [5.74, 6) is 2.51. The monoisotopic (exact) mass is 433 g/mol. The fourth-order valence-corrected chi connectivity index (χ4v) is 3.83. The molecule has 1 fully saturated rings. The molecule has 0 aromatic carbocycles. The average molecular weight is 435 g/mol. The number of halogens is 2. The Labute approximate surface area is 164 Å². The molecule has 3 aromatic rings. The predicted octanol–water partition coefficient (Wildman–Crippen LogP) is 3.11. The van der Waals surface area contributed by atoms with E-state index in [4.69, 9.17) is 11.6 Å². The third-order valence-electron chi connectivity index (χ3n) is 4.29. The minimum Gasteiger partial charge on any atom is -0.352 e. The first kappa shape index (κ1) is 17.2. The summed E-state index contributed by atoms with van der Waals surface area (Å²) in [6.07, 6.45) is 3.56. The van der Waals surface area contributed by atoms with Crippen LogP contribution in [0.15, 0.2) is 41.1 Å². The fourth-order valence-electron chi connectivity index (χ4n) is 2.94. The SMILES string of the molecule is Cc1ccn(-c2ccc(N3CCN(c4ncc(Cl)cc4Br)CC3)nn2)n1. The minimum atomic E-state index is 0.627. The summed E-state index contributed by atoms with van der Waals surface area (Å²) in [6.45, 7) is 5.37. The van der Waals surface area contributed by atoms with E-state index in [9.17, 15) is 0 Å². The van der Waals surface area contributed by atoms with Gasteiger partial charge >= 0.3 is 0 Å². The number of piperazine rings is 1. The summed E-state index contributed by atoms with van der Waals surface area (Å²) in [6, 6.07) is 7.75. The van der Waals surface area contributed by atoms with Crippen molar-refractivity contribution in [1.29, 1.82) is 0 Å². The molecule has 134 valence electrons. The smallest absolute Gasteiger partial charge is 0.175 e. The van der Waals surface area contributed by atoms with Gasteiger partial charge in [0.15, 0.2) is 11.6 Å². The van der Waals surface area contributed by atoms with Gasteiger partial charge in [-0.3, -0.25) is 0 Å². The molecule has 1 aliphatic heterocycles. The van der Waals surface area contributed by atoms with Crippen LogP contribution in [0.2, 0.25) is 5.02 Å². The van der Waals surface area contributed by atoms with E-state index in [2.05, 4.69) is 46.0 Å². The zero-order chi connectivity index (χ0) is 18.1. The van der Waals surface area contributed by atoms with Crippen LogP contribution in [-0.4, -0.2) is 51.1 Å². The molecule has 26 heavy (non-hydrogen) atoms. The molecule has 9 heteroatoms. The number of hydrogen-bond donors (Lipinski definition) is 0. The van der Waals surface area contributed by atoms with Crippen molar-refractivity contribution >= 4 is 39.2 Å². The zero-order valence-corrected chi connectivity index (χ0v) is 16.5. The van der Waals surface area contributed by atoms with Crippen molar-refractivity contribution < 1.29 is 0 Å². The predicted molar refractivity (Wildman–Crippen MR) is 105 cm³/mol. The summed E-state index contributed by atoms with van der Waals surface area (Å²) in [4.78, 5) is 8.91. The van der Waals surface area contributed by atoms with Gasteiger partial charge in [0.1, 0.15) is 5.82 Å². The second kappa shape index (κ2) is 7.20. The summed E-state index contributed by atoms with van der Waals surface area (Å²) in [7, 11) is 0. The van der Waals surface area contributed by atoms with Crippen LogP contribution in [0, 0.1) is 6.92 Å². The average Bonchev–Trinajstić information content (AvgIpc) is 3.09. The highest BCUT2D eigenvalue weighted by Gasteiger charge is 2.21. The molecule has 4 rings (SSSR count). The van der Waals surface area contributed by atoms with Crippen LogP contribution in [0.5, 0.6) is 0 Å². The Morgan fingerprint density at radius 2 is 1.69 bits per heavy atom. The minimum absolute atomic E-state index is 0.627. The quantitative estimate of drug-likeness (QED) is 0.631. The lowest BCUT2D eigenvalue weighted by Gasteiger charge is -2.36. The Bertz CT molecular complexity index is 904. The first-order valence-corrected chi connectivity index (χ1v) is 9.44. The lowest BCUT2D eigenvalue weighted by molar-refractivity contribution is 0.636. The Balaban J connectivity index is 1.43. The molecule has 0 saturated carbocycles. The molecule has 0 amide bonds. The molecule has 0 spiro atoms. The molecular weight excluding hydrogens is 418 g/mol. The third-order valence-corrected chi connectivity index (χ3v) is 5.08. The first-order valence-electron chi connectivity index (χ1n) is 8.27. The van der Waals surface area contributed by atoms with Crippen LogP contribution in [0.25, 0.3) is 5.82 Å². The highest BCUT2D eigenvalue weighted by atomic mass is 79.9. The third kappa shape index (κ3) is 3.52. The van der Waals surface area contributed by atoms with E-state index >= 15 is 0 Å². The van der Waals surface area contributed by atoms with Crippen LogP contribution in [0.4, 0.5) is 11.6 Å². The zero-order valence-electron chi connectivity index (χ0n) is 14.2. The maximum Gasteiger partial charge on any atom is 0.175 e. The first-order chi connectivity index (χ1) is 12.6. The number of nitrogens with zero attached hydrogens (tertiary/aromatic N) is 7. The van der Waals surface area contributed by atoms with Crippen molar-refractivity contribution in [2.24, 2.45) is 0 Å². The molecule has 0 radical (unpaired) electrons. The highest BCUT2D eigenvalue weighted by Crippen LogP contribution is 2.27. The number of pyridine rings is 1. The number of anilines is 2. The molecule has 0 bridgehead atoms. The molecule has 4 heterocycles. The summed E-state index contributed by atoms with van der Waals surface area (Å²) in [5, 5.41) is 13.6. The number of aromatic nitrogens is 5. The Hall–Kier alpha value is -2.19. The Morgan fingerprint density at radius 3 is 2.31 bits per heavy atom. The van der Waals surface area contributed by atoms with E-state index in [1.54, 1.807) is 10.9 Å². The number of aryl methyl sites for hydroxylation is 1. The second-order valence-corrected chi connectivity index (χ2v) is 7.38. The van der Waals surface area contributed by atoms with Gasteiger partial charge in [0.2, 0.25) is 0 Å². The Kier molecular flexibility index (Phi) is 4.78. The molecule has 3 aromatic heterocycles. The van der Waals surface area contributed by atoms with Gasteiger partial charge in [0.25, 0.3) is 0 Å². The van der Waals surface area contributed by atoms with Crippen LogP contribution in [0.1, 0.15) is 5.69 Å². The fraction of sp³-hybridized carbons (Fsp3) is 0.294. The van der Waals surface area contributed by atoms with Gasteiger partial charge in [-0.25, -0.2) is 9.67 Å². The van der Waals surface area contributed by atoms with Gasteiger partial charge in [0, 0.05) is 38.6 Å².